The van der Waals surface area contributed by atoms with Gasteiger partial charge in [0, 0.05) is 0 Å². The summed E-state index contributed by atoms with van der Waals surface area (Å²) >= 11 is 0. The normalized spacial score (nSPS) is 20.5. The van der Waals surface area contributed by atoms with Crippen LogP contribution < -0.4 is 0 Å². The van der Waals surface area contributed by atoms with Gasteiger partial charge in [-0.15, -0.1) is 0 Å². The van der Waals surface area contributed by atoms with Crippen LogP contribution in [-0.4, -0.2) is 16.6 Å². The highest BCUT2D eigenvalue weighted by molar-refractivity contribution is 6.00. The van der Waals surface area contributed by atoms with E-state index in [0.717, 1.165) is 0 Å². The smallest absolute Gasteiger partial charge is 0.178 e. The number of hydrogen-bond acceptors (Lipinski definition) is 3. The molecule has 0 aromatic rings. The molecule has 1 aliphatic rings. The van der Waals surface area contributed by atoms with Crippen LogP contribution in [0.3, 0.4) is 0 Å². The van der Waals surface area contributed by atoms with E-state index >= 15 is 0 Å². The number of hydrogen-bond donors (Lipinski definition) is 1. The number of ketones is 1. The Morgan fingerprint density at radius 2 is 1.92 bits per heavy atom. The molecule has 3 nitrogen and oxygen atoms in total. The molecule has 12 heavy (non-hydrogen) atoms. The van der Waals surface area contributed by atoms with Crippen molar-refractivity contribution in [3.05, 3.63) is 24.3 Å². The summed E-state index contributed by atoms with van der Waals surface area (Å²) in [5.41, 5.74) is -0.825. The average Bonchev–Trinajstić information content (AvgIpc) is 2.06. The van der Waals surface area contributed by atoms with Gasteiger partial charge in [0.15, 0.2) is 5.78 Å². The molecule has 0 aromatic heterocycles. The van der Waals surface area contributed by atoms with Crippen molar-refractivity contribution in [1.29, 1.82) is 0 Å². The molecular weight excluding hydrogens is 156 g/mol. The summed E-state index contributed by atoms with van der Waals surface area (Å²) in [6.45, 7) is 3.81. The van der Waals surface area contributed by atoms with Crippen LogP contribution in [-0.2, 0) is 9.68 Å². The molecule has 1 aliphatic carbocycles. The van der Waals surface area contributed by atoms with Crippen molar-refractivity contribution in [3.63, 3.8) is 0 Å². The molecule has 0 heterocycles. The molecule has 0 saturated heterocycles. The van der Waals surface area contributed by atoms with Crippen molar-refractivity contribution in [3.8, 4) is 0 Å². The minimum Gasteiger partial charge on any atom is -0.290 e. The lowest BCUT2D eigenvalue weighted by Crippen LogP contribution is -2.34. The van der Waals surface area contributed by atoms with Gasteiger partial charge in [0.25, 0.3) is 0 Å². The Balaban J connectivity index is 2.91. The van der Waals surface area contributed by atoms with Crippen molar-refractivity contribution >= 4 is 5.78 Å². The summed E-state index contributed by atoms with van der Waals surface area (Å²) in [5.74, 6) is 0.00595. The van der Waals surface area contributed by atoms with E-state index in [1.54, 1.807) is 12.2 Å². The lowest BCUT2D eigenvalue weighted by Gasteiger charge is -2.28. The van der Waals surface area contributed by atoms with Crippen LogP contribution in [0.5, 0.6) is 0 Å². The predicted octanol–water partition coefficient (Wildman–Crippen LogP) is 1.57. The highest BCUT2D eigenvalue weighted by Crippen LogP contribution is 2.26. The molecule has 1 N–H and O–H groups in total. The molecule has 0 bridgehead atoms. The molecule has 0 atom stereocenters. The van der Waals surface area contributed by atoms with Crippen LogP contribution in [0.25, 0.3) is 0 Å². The average molecular weight is 168 g/mol. The third-order valence-corrected chi connectivity index (χ3v) is 2.08. The minimum absolute atomic E-state index is 0.0803. The Labute approximate surface area is 71.3 Å². The lowest BCUT2D eigenvalue weighted by atomic mass is 9.86. The van der Waals surface area contributed by atoms with Gasteiger partial charge in [0.05, 0.1) is 0 Å². The van der Waals surface area contributed by atoms with Gasteiger partial charge in [-0.05, 0) is 30.2 Å². The molecule has 0 fully saturated rings. The third-order valence-electron chi connectivity index (χ3n) is 2.08. The zero-order valence-corrected chi connectivity index (χ0v) is 7.15. The number of carbonyl (C=O) groups excluding carboxylic acids is 1. The maximum Gasteiger partial charge on any atom is 0.178 e. The van der Waals surface area contributed by atoms with Gasteiger partial charge < -0.3 is 0 Å². The van der Waals surface area contributed by atoms with E-state index in [4.69, 9.17) is 5.26 Å². The fraction of sp³-hybridized carbons (Fsp3) is 0.444. The fourth-order valence-corrected chi connectivity index (χ4v) is 1.09. The van der Waals surface area contributed by atoms with Gasteiger partial charge in [0.2, 0.25) is 0 Å². The Hall–Kier alpha value is -0.930. The molecule has 0 unspecified atom stereocenters. The van der Waals surface area contributed by atoms with Gasteiger partial charge in [-0.2, -0.15) is 0 Å². The molecule has 0 aromatic carbocycles. The zero-order chi connectivity index (χ0) is 9.19. The molecule has 0 aliphatic heterocycles. The van der Waals surface area contributed by atoms with Gasteiger partial charge in [0.1, 0.15) is 5.60 Å². The quantitative estimate of drug-likeness (QED) is 0.502. The standard InChI is InChI=1S/C9H12O3/c1-7(2)9(12-11)5-3-8(10)4-6-9/h3-7,11H,1-2H3. The summed E-state index contributed by atoms with van der Waals surface area (Å²) < 4.78 is 0. The van der Waals surface area contributed by atoms with Crippen molar-refractivity contribution in [2.45, 2.75) is 19.4 Å². The maximum atomic E-state index is 10.8. The SMILES string of the molecule is CC(C)C1(OO)C=CC(=O)C=C1. The predicted molar refractivity (Wildman–Crippen MR) is 44.6 cm³/mol. The van der Waals surface area contributed by atoms with Crippen molar-refractivity contribution in [1.82, 2.24) is 0 Å². The summed E-state index contributed by atoms with van der Waals surface area (Å²) in [4.78, 5) is 15.1. The van der Waals surface area contributed by atoms with E-state index in [1.807, 2.05) is 13.8 Å². The molecule has 66 valence electrons. The number of allylic oxidation sites excluding steroid dienone is 2. The monoisotopic (exact) mass is 168 g/mol. The highest BCUT2D eigenvalue weighted by atomic mass is 17.1. The molecule has 0 radical (unpaired) electrons. The van der Waals surface area contributed by atoms with E-state index in [1.165, 1.54) is 12.2 Å². The Kier molecular flexibility index (Phi) is 2.45. The highest BCUT2D eigenvalue weighted by Gasteiger charge is 2.31. The van der Waals surface area contributed by atoms with Crippen LogP contribution >= 0.6 is 0 Å². The first kappa shape index (κ1) is 9.16. The Morgan fingerprint density at radius 3 is 2.25 bits per heavy atom. The second-order valence-corrected chi connectivity index (χ2v) is 3.17. The van der Waals surface area contributed by atoms with Crippen LogP contribution in [0.15, 0.2) is 24.3 Å². The summed E-state index contributed by atoms with van der Waals surface area (Å²) in [5, 5.41) is 8.68. The third kappa shape index (κ3) is 1.47. The van der Waals surface area contributed by atoms with Crippen molar-refractivity contribution in [2.75, 3.05) is 0 Å². The largest absolute Gasteiger partial charge is 0.290 e. The first-order valence-electron chi connectivity index (χ1n) is 3.86. The second kappa shape index (κ2) is 3.21. The van der Waals surface area contributed by atoms with Gasteiger partial charge in [-0.25, -0.2) is 4.89 Å². The molecular formula is C9H12O3. The number of rotatable bonds is 2. The molecule has 0 saturated carbocycles. The van der Waals surface area contributed by atoms with Gasteiger partial charge >= 0.3 is 0 Å². The summed E-state index contributed by atoms with van der Waals surface area (Å²) in [6.07, 6.45) is 5.94. The van der Waals surface area contributed by atoms with E-state index in [2.05, 4.69) is 4.89 Å². The fourth-order valence-electron chi connectivity index (χ4n) is 1.09. The van der Waals surface area contributed by atoms with Crippen LogP contribution in [0.1, 0.15) is 13.8 Å². The van der Waals surface area contributed by atoms with E-state index < -0.39 is 5.60 Å². The topological polar surface area (TPSA) is 46.5 Å². The molecule has 0 spiro atoms. The summed E-state index contributed by atoms with van der Waals surface area (Å²) in [6, 6.07) is 0. The Morgan fingerprint density at radius 1 is 1.42 bits per heavy atom. The van der Waals surface area contributed by atoms with Crippen molar-refractivity contribution < 1.29 is 14.9 Å². The molecule has 0 amide bonds. The first-order chi connectivity index (χ1) is 5.60. The van der Waals surface area contributed by atoms with E-state index in [-0.39, 0.29) is 11.7 Å². The summed E-state index contributed by atoms with van der Waals surface area (Å²) in [7, 11) is 0. The van der Waals surface area contributed by atoms with Crippen LogP contribution in [0.4, 0.5) is 0 Å². The first-order valence-corrected chi connectivity index (χ1v) is 3.86. The second-order valence-electron chi connectivity index (χ2n) is 3.17. The van der Waals surface area contributed by atoms with Crippen LogP contribution in [0.2, 0.25) is 0 Å². The molecule has 1 rings (SSSR count). The molecule has 3 heteroatoms. The van der Waals surface area contributed by atoms with Crippen molar-refractivity contribution in [2.24, 2.45) is 5.92 Å². The zero-order valence-electron chi connectivity index (χ0n) is 7.15. The van der Waals surface area contributed by atoms with E-state index in [0.29, 0.717) is 0 Å². The van der Waals surface area contributed by atoms with Crippen LogP contribution in [0, 0.1) is 5.92 Å². The lowest BCUT2D eigenvalue weighted by molar-refractivity contribution is -0.303. The Bertz CT molecular complexity index is 222. The maximum absolute atomic E-state index is 10.8. The van der Waals surface area contributed by atoms with Gasteiger partial charge in [-0.3, -0.25) is 10.1 Å². The van der Waals surface area contributed by atoms with E-state index in [9.17, 15) is 4.79 Å². The number of carbonyl (C=O) groups is 1. The minimum atomic E-state index is -0.825. The van der Waals surface area contributed by atoms with Gasteiger partial charge in [-0.1, -0.05) is 13.8 Å².